The van der Waals surface area contributed by atoms with Crippen LogP contribution in [0.1, 0.15) is 32.1 Å². The van der Waals surface area contributed by atoms with E-state index in [2.05, 4.69) is 0 Å². The Morgan fingerprint density at radius 3 is 2.38 bits per heavy atom. The van der Waals surface area contributed by atoms with Crippen LogP contribution in [0.5, 0.6) is 0 Å². The molecule has 2 aliphatic rings. The zero-order chi connectivity index (χ0) is 10.9. The Morgan fingerprint density at radius 1 is 1.12 bits per heavy atom. The van der Waals surface area contributed by atoms with Crippen LogP contribution in [0, 0.1) is 11.8 Å². The molecule has 1 saturated heterocycles. The SMILES string of the molecule is O=S(=O)([O-])NN1CCC2CCCCC2C1.[Na+]. The van der Waals surface area contributed by atoms with Gasteiger partial charge in [0.25, 0.3) is 0 Å². The van der Waals surface area contributed by atoms with Crippen LogP contribution in [0.15, 0.2) is 0 Å². The van der Waals surface area contributed by atoms with Gasteiger partial charge in [-0.1, -0.05) is 19.3 Å². The van der Waals surface area contributed by atoms with E-state index in [0.29, 0.717) is 19.0 Å². The number of nitrogens with zero attached hydrogens (tertiary/aromatic N) is 1. The normalized spacial score (nSPS) is 31.6. The van der Waals surface area contributed by atoms with Gasteiger partial charge in [-0.05, 0) is 24.7 Å². The van der Waals surface area contributed by atoms with Crippen molar-refractivity contribution in [3.63, 3.8) is 0 Å². The van der Waals surface area contributed by atoms with Crippen molar-refractivity contribution in [2.45, 2.75) is 32.1 Å². The topological polar surface area (TPSA) is 72.5 Å². The number of hydrazine groups is 1. The largest absolute Gasteiger partial charge is 1.00 e. The van der Waals surface area contributed by atoms with Gasteiger partial charge in [-0.25, -0.2) is 13.4 Å². The molecule has 5 nitrogen and oxygen atoms in total. The average Bonchev–Trinajstić information content (AvgIpc) is 2.15. The third-order valence-electron chi connectivity index (χ3n) is 3.53. The fourth-order valence-electron chi connectivity index (χ4n) is 2.84. The summed E-state index contributed by atoms with van der Waals surface area (Å²) in [5.41, 5.74) is 0. The summed E-state index contributed by atoms with van der Waals surface area (Å²) < 4.78 is 31.7. The average molecular weight is 256 g/mol. The van der Waals surface area contributed by atoms with E-state index in [9.17, 15) is 13.0 Å². The number of hydrogen-bond acceptors (Lipinski definition) is 4. The number of piperidine rings is 1. The second kappa shape index (κ2) is 6.13. The van der Waals surface area contributed by atoms with Crippen molar-refractivity contribution in [2.75, 3.05) is 13.1 Å². The molecule has 0 spiro atoms. The van der Waals surface area contributed by atoms with Gasteiger partial charge in [-0.15, -0.1) is 0 Å². The fraction of sp³-hybridized carbons (Fsp3) is 1.00. The molecule has 2 rings (SSSR count). The predicted octanol–water partition coefficient (Wildman–Crippen LogP) is -2.53. The second-order valence-electron chi connectivity index (χ2n) is 4.58. The minimum absolute atomic E-state index is 0. The zero-order valence-corrected chi connectivity index (χ0v) is 12.5. The molecule has 0 bridgehead atoms. The quantitative estimate of drug-likeness (QED) is 0.437. The third-order valence-corrected chi connectivity index (χ3v) is 4.01. The summed E-state index contributed by atoms with van der Waals surface area (Å²) in [6.07, 6.45) is 5.98. The van der Waals surface area contributed by atoms with E-state index in [1.807, 2.05) is 4.83 Å². The molecule has 88 valence electrons. The molecule has 16 heavy (non-hydrogen) atoms. The Kier molecular flexibility index (Phi) is 5.71. The first kappa shape index (κ1) is 14.9. The molecule has 7 heteroatoms. The van der Waals surface area contributed by atoms with Crippen molar-refractivity contribution in [3.8, 4) is 0 Å². The van der Waals surface area contributed by atoms with Crippen LogP contribution in [0.25, 0.3) is 0 Å². The molecule has 0 aromatic carbocycles. The van der Waals surface area contributed by atoms with Crippen LogP contribution in [0.4, 0.5) is 0 Å². The van der Waals surface area contributed by atoms with Crippen LogP contribution in [-0.4, -0.2) is 31.1 Å². The summed E-state index contributed by atoms with van der Waals surface area (Å²) in [6.45, 7) is 1.37. The van der Waals surface area contributed by atoms with Crippen molar-refractivity contribution in [1.82, 2.24) is 9.84 Å². The van der Waals surface area contributed by atoms with Crippen molar-refractivity contribution >= 4 is 10.3 Å². The first-order chi connectivity index (χ1) is 7.04. The van der Waals surface area contributed by atoms with Gasteiger partial charge in [-0.2, -0.15) is 4.83 Å². The molecule has 1 aliphatic heterocycles. The Bertz CT molecular complexity index is 323. The van der Waals surface area contributed by atoms with E-state index in [0.717, 1.165) is 12.3 Å². The standard InChI is InChI=1S/C9H18N2O3S.Na/c12-15(13,14)10-11-6-5-8-3-1-2-4-9(8)7-11;/h8-10H,1-7H2,(H,12,13,14);/q;+1/p-1. The molecule has 2 atom stereocenters. The van der Waals surface area contributed by atoms with Gasteiger partial charge < -0.3 is 4.55 Å². The van der Waals surface area contributed by atoms with Crippen molar-refractivity contribution < 1.29 is 42.5 Å². The molecule has 0 aromatic heterocycles. The molecule has 0 amide bonds. The van der Waals surface area contributed by atoms with Crippen LogP contribution >= 0.6 is 0 Å². The summed E-state index contributed by atoms with van der Waals surface area (Å²) in [5.74, 6) is 1.31. The van der Waals surface area contributed by atoms with Gasteiger partial charge in [-0.3, -0.25) is 0 Å². The molecular weight excluding hydrogens is 239 g/mol. The Morgan fingerprint density at radius 2 is 1.75 bits per heavy atom. The Hall–Kier alpha value is 0.830. The first-order valence-corrected chi connectivity index (χ1v) is 6.93. The van der Waals surface area contributed by atoms with E-state index in [1.54, 1.807) is 5.01 Å². The van der Waals surface area contributed by atoms with Crippen LogP contribution < -0.4 is 34.4 Å². The molecule has 1 heterocycles. The van der Waals surface area contributed by atoms with Gasteiger partial charge in [0.05, 0.1) is 0 Å². The van der Waals surface area contributed by atoms with E-state index < -0.39 is 10.3 Å². The predicted molar refractivity (Wildman–Crippen MR) is 54.5 cm³/mol. The number of fused-ring (bicyclic) bond motifs is 1. The zero-order valence-electron chi connectivity index (χ0n) is 9.68. The maximum absolute atomic E-state index is 10.6. The van der Waals surface area contributed by atoms with Gasteiger partial charge in [0.2, 0.25) is 0 Å². The molecule has 1 saturated carbocycles. The Labute approximate surface area is 119 Å². The van der Waals surface area contributed by atoms with Gasteiger partial charge in [0.1, 0.15) is 0 Å². The van der Waals surface area contributed by atoms with E-state index in [4.69, 9.17) is 0 Å². The monoisotopic (exact) mass is 256 g/mol. The van der Waals surface area contributed by atoms with Crippen molar-refractivity contribution in [1.29, 1.82) is 0 Å². The van der Waals surface area contributed by atoms with Gasteiger partial charge in [0, 0.05) is 13.1 Å². The summed E-state index contributed by atoms with van der Waals surface area (Å²) in [6, 6.07) is 0. The molecule has 0 radical (unpaired) electrons. The third kappa shape index (κ3) is 4.25. The number of rotatable bonds is 2. The minimum atomic E-state index is -4.34. The number of hydrogen-bond donors (Lipinski definition) is 1. The summed E-state index contributed by atoms with van der Waals surface area (Å²) in [7, 11) is -4.34. The van der Waals surface area contributed by atoms with E-state index >= 15 is 0 Å². The Balaban J connectivity index is 0.00000128. The molecule has 2 unspecified atom stereocenters. The summed E-state index contributed by atoms with van der Waals surface area (Å²) >= 11 is 0. The molecule has 2 fully saturated rings. The van der Waals surface area contributed by atoms with Crippen LogP contribution in [0.3, 0.4) is 0 Å². The van der Waals surface area contributed by atoms with E-state index in [-0.39, 0.29) is 29.6 Å². The van der Waals surface area contributed by atoms with Gasteiger partial charge in [0.15, 0.2) is 10.3 Å². The van der Waals surface area contributed by atoms with Gasteiger partial charge >= 0.3 is 29.6 Å². The minimum Gasteiger partial charge on any atom is -0.734 e. The van der Waals surface area contributed by atoms with Crippen molar-refractivity contribution in [3.05, 3.63) is 0 Å². The van der Waals surface area contributed by atoms with E-state index in [1.165, 1.54) is 25.7 Å². The molecular formula is C9H17N2NaO3S. The molecule has 1 aliphatic carbocycles. The molecule has 1 N–H and O–H groups in total. The fourth-order valence-corrected chi connectivity index (χ4v) is 3.32. The summed E-state index contributed by atoms with van der Waals surface area (Å²) in [4.78, 5) is 2.04. The van der Waals surface area contributed by atoms with Crippen LogP contribution in [-0.2, 0) is 10.3 Å². The maximum atomic E-state index is 10.6. The second-order valence-corrected chi connectivity index (χ2v) is 5.68. The first-order valence-electron chi connectivity index (χ1n) is 5.53. The number of nitrogens with one attached hydrogen (secondary N) is 1. The van der Waals surface area contributed by atoms with Crippen molar-refractivity contribution in [2.24, 2.45) is 11.8 Å². The summed E-state index contributed by atoms with van der Waals surface area (Å²) in [5, 5.41) is 1.56. The van der Waals surface area contributed by atoms with Crippen LogP contribution in [0.2, 0.25) is 0 Å². The molecule has 0 aromatic rings. The smallest absolute Gasteiger partial charge is 0.734 e. The maximum Gasteiger partial charge on any atom is 1.00 e.